The van der Waals surface area contributed by atoms with E-state index in [1.54, 1.807) is 5.57 Å². The molecule has 0 aromatic rings. The summed E-state index contributed by atoms with van der Waals surface area (Å²) < 4.78 is 0. The van der Waals surface area contributed by atoms with Crippen molar-refractivity contribution in [2.24, 2.45) is 5.41 Å². The monoisotopic (exact) mass is 239 g/mol. The number of hydrogen-bond acceptors (Lipinski definition) is 1. The van der Waals surface area contributed by atoms with Gasteiger partial charge in [0.15, 0.2) is 0 Å². The standard InChI is InChI=1S/C14H22ClN/c1-2-7-14(8-10-16-11-9-14)12-3-5-13(15)6-4-12/h3,5,16H,2,4,6-11H2,1H3. The molecule has 1 N–H and O–H groups in total. The highest BCUT2D eigenvalue weighted by atomic mass is 35.5. The molecule has 1 heterocycles. The van der Waals surface area contributed by atoms with Gasteiger partial charge in [0, 0.05) is 5.03 Å². The van der Waals surface area contributed by atoms with Gasteiger partial charge in [0.05, 0.1) is 0 Å². The summed E-state index contributed by atoms with van der Waals surface area (Å²) in [5, 5.41) is 4.49. The van der Waals surface area contributed by atoms with Crippen LogP contribution in [0.3, 0.4) is 0 Å². The third-order valence-corrected chi connectivity index (χ3v) is 4.38. The van der Waals surface area contributed by atoms with Crippen LogP contribution in [0.25, 0.3) is 0 Å². The number of nitrogens with one attached hydrogen (secondary N) is 1. The summed E-state index contributed by atoms with van der Waals surface area (Å²) in [7, 11) is 0. The highest BCUT2D eigenvalue weighted by molar-refractivity contribution is 6.29. The molecule has 1 aliphatic heterocycles. The van der Waals surface area contributed by atoms with Crippen molar-refractivity contribution in [2.75, 3.05) is 13.1 Å². The Bertz CT molecular complexity index is 292. The first kappa shape index (κ1) is 12.2. The van der Waals surface area contributed by atoms with Gasteiger partial charge in [-0.1, -0.05) is 36.6 Å². The second-order valence-corrected chi connectivity index (χ2v) is 5.57. The summed E-state index contributed by atoms with van der Waals surface area (Å²) in [5.41, 5.74) is 2.13. The molecule has 1 aliphatic carbocycles. The number of rotatable bonds is 3. The quantitative estimate of drug-likeness (QED) is 0.785. The van der Waals surface area contributed by atoms with Crippen LogP contribution in [-0.4, -0.2) is 13.1 Å². The smallest absolute Gasteiger partial charge is 0.0184 e. The Kier molecular flexibility index (Phi) is 4.10. The highest BCUT2D eigenvalue weighted by Crippen LogP contribution is 2.45. The maximum atomic E-state index is 6.05. The summed E-state index contributed by atoms with van der Waals surface area (Å²) >= 11 is 6.05. The van der Waals surface area contributed by atoms with Gasteiger partial charge in [0.1, 0.15) is 0 Å². The fourth-order valence-electron chi connectivity index (χ4n) is 3.17. The molecule has 2 heteroatoms. The van der Waals surface area contributed by atoms with Crippen molar-refractivity contribution in [1.29, 1.82) is 0 Å². The Balaban J connectivity index is 2.18. The topological polar surface area (TPSA) is 12.0 Å². The third kappa shape index (κ3) is 2.52. The number of allylic oxidation sites excluding steroid dienone is 4. The molecule has 0 spiro atoms. The van der Waals surface area contributed by atoms with E-state index in [2.05, 4.69) is 24.4 Å². The van der Waals surface area contributed by atoms with Crippen LogP contribution in [0.4, 0.5) is 0 Å². The molecule has 0 radical (unpaired) electrons. The maximum absolute atomic E-state index is 6.05. The first-order chi connectivity index (χ1) is 7.77. The lowest BCUT2D eigenvalue weighted by molar-refractivity contribution is 0.225. The van der Waals surface area contributed by atoms with Gasteiger partial charge in [-0.3, -0.25) is 0 Å². The summed E-state index contributed by atoms with van der Waals surface area (Å²) in [6.45, 7) is 4.65. The number of piperidine rings is 1. The van der Waals surface area contributed by atoms with Gasteiger partial charge in [0.2, 0.25) is 0 Å². The van der Waals surface area contributed by atoms with E-state index in [0.29, 0.717) is 5.41 Å². The molecule has 0 aromatic carbocycles. The van der Waals surface area contributed by atoms with Gasteiger partial charge in [-0.05, 0) is 56.7 Å². The van der Waals surface area contributed by atoms with Crippen LogP contribution in [0.1, 0.15) is 45.4 Å². The molecule has 90 valence electrons. The zero-order valence-electron chi connectivity index (χ0n) is 10.2. The Hall–Kier alpha value is -0.270. The van der Waals surface area contributed by atoms with Crippen LogP contribution in [-0.2, 0) is 0 Å². The highest BCUT2D eigenvalue weighted by Gasteiger charge is 2.34. The van der Waals surface area contributed by atoms with E-state index in [4.69, 9.17) is 11.6 Å². The first-order valence-corrected chi connectivity index (χ1v) is 6.91. The fourth-order valence-corrected chi connectivity index (χ4v) is 3.33. The fraction of sp³-hybridized carbons (Fsp3) is 0.714. The van der Waals surface area contributed by atoms with E-state index >= 15 is 0 Å². The van der Waals surface area contributed by atoms with Crippen LogP contribution >= 0.6 is 11.6 Å². The Morgan fingerprint density at radius 2 is 2.00 bits per heavy atom. The molecule has 0 amide bonds. The minimum absolute atomic E-state index is 0.480. The van der Waals surface area contributed by atoms with Crippen molar-refractivity contribution in [3.63, 3.8) is 0 Å². The molecular weight excluding hydrogens is 218 g/mol. The Labute approximate surface area is 104 Å². The average molecular weight is 240 g/mol. The molecule has 0 aromatic heterocycles. The van der Waals surface area contributed by atoms with Crippen LogP contribution < -0.4 is 5.32 Å². The van der Waals surface area contributed by atoms with Gasteiger partial charge >= 0.3 is 0 Å². The van der Waals surface area contributed by atoms with Crippen molar-refractivity contribution in [3.05, 3.63) is 22.8 Å². The third-order valence-electron chi connectivity index (χ3n) is 4.07. The Morgan fingerprint density at radius 3 is 2.56 bits per heavy atom. The summed E-state index contributed by atoms with van der Waals surface area (Å²) in [6, 6.07) is 0. The normalized spacial score (nSPS) is 24.9. The van der Waals surface area contributed by atoms with E-state index in [9.17, 15) is 0 Å². The summed E-state index contributed by atoms with van der Waals surface area (Å²) in [6.07, 6.45) is 11.9. The van der Waals surface area contributed by atoms with Crippen molar-refractivity contribution in [1.82, 2.24) is 5.32 Å². The molecule has 0 atom stereocenters. The molecule has 2 rings (SSSR count). The van der Waals surface area contributed by atoms with Gasteiger partial charge < -0.3 is 5.32 Å². The largest absolute Gasteiger partial charge is 0.317 e. The van der Waals surface area contributed by atoms with Gasteiger partial charge in [-0.2, -0.15) is 0 Å². The van der Waals surface area contributed by atoms with Gasteiger partial charge in [-0.25, -0.2) is 0 Å². The average Bonchev–Trinajstić information content (AvgIpc) is 2.31. The van der Waals surface area contributed by atoms with E-state index < -0.39 is 0 Å². The number of hydrogen-bond donors (Lipinski definition) is 1. The minimum atomic E-state index is 0.480. The lowest BCUT2D eigenvalue weighted by atomic mass is 9.68. The minimum Gasteiger partial charge on any atom is -0.317 e. The zero-order chi connectivity index (χ0) is 11.4. The summed E-state index contributed by atoms with van der Waals surface area (Å²) in [5.74, 6) is 0. The van der Waals surface area contributed by atoms with E-state index in [-0.39, 0.29) is 0 Å². The molecule has 16 heavy (non-hydrogen) atoms. The molecule has 0 saturated carbocycles. The van der Waals surface area contributed by atoms with Gasteiger partial charge in [0.25, 0.3) is 0 Å². The molecular formula is C14H22ClN. The van der Waals surface area contributed by atoms with Crippen LogP contribution in [0.5, 0.6) is 0 Å². The molecule has 1 fully saturated rings. The van der Waals surface area contributed by atoms with Crippen LogP contribution in [0.2, 0.25) is 0 Å². The van der Waals surface area contributed by atoms with Crippen molar-refractivity contribution in [2.45, 2.75) is 45.4 Å². The second kappa shape index (κ2) is 5.37. The van der Waals surface area contributed by atoms with Crippen molar-refractivity contribution in [3.8, 4) is 0 Å². The molecule has 0 unspecified atom stereocenters. The van der Waals surface area contributed by atoms with Crippen LogP contribution in [0, 0.1) is 5.41 Å². The summed E-state index contributed by atoms with van der Waals surface area (Å²) in [4.78, 5) is 0. The van der Waals surface area contributed by atoms with Crippen molar-refractivity contribution < 1.29 is 0 Å². The maximum Gasteiger partial charge on any atom is 0.0184 e. The van der Waals surface area contributed by atoms with E-state index in [1.165, 1.54) is 45.2 Å². The van der Waals surface area contributed by atoms with Crippen LogP contribution in [0.15, 0.2) is 22.8 Å². The SMILES string of the molecule is CCCC1(C2=CC=C(Cl)CC2)CCNCC1. The molecule has 2 aliphatic rings. The Morgan fingerprint density at radius 1 is 1.25 bits per heavy atom. The predicted molar refractivity (Wildman–Crippen MR) is 70.7 cm³/mol. The lowest BCUT2D eigenvalue weighted by Gasteiger charge is -2.41. The van der Waals surface area contributed by atoms with Crippen molar-refractivity contribution >= 4 is 11.6 Å². The number of halogens is 1. The lowest BCUT2D eigenvalue weighted by Crippen LogP contribution is -2.38. The van der Waals surface area contributed by atoms with E-state index in [0.717, 1.165) is 11.5 Å². The van der Waals surface area contributed by atoms with Gasteiger partial charge in [-0.15, -0.1) is 0 Å². The first-order valence-electron chi connectivity index (χ1n) is 6.53. The van der Waals surface area contributed by atoms with E-state index in [1.807, 2.05) is 0 Å². The molecule has 0 bridgehead atoms. The zero-order valence-corrected chi connectivity index (χ0v) is 10.9. The predicted octanol–water partition coefficient (Wildman–Crippen LogP) is 4.00. The second-order valence-electron chi connectivity index (χ2n) is 5.09. The molecule has 1 nitrogen and oxygen atoms in total. The molecule has 1 saturated heterocycles.